The minimum absolute atomic E-state index is 0.0208. The second-order valence-electron chi connectivity index (χ2n) is 6.44. The smallest absolute Gasteiger partial charge is 0.268 e. The maximum Gasteiger partial charge on any atom is 0.268 e. The molecule has 0 spiro atoms. The molecule has 1 aliphatic heterocycles. The molecule has 1 atom stereocenters. The van der Waals surface area contributed by atoms with E-state index in [0.717, 1.165) is 16.3 Å². The number of hydrogen-bond donors (Lipinski definition) is 0. The maximum atomic E-state index is 12.9. The van der Waals surface area contributed by atoms with Crippen molar-refractivity contribution >= 4 is 28.8 Å². The first kappa shape index (κ1) is 19.4. The van der Waals surface area contributed by atoms with Gasteiger partial charge >= 0.3 is 0 Å². The number of aryl methyl sites for hydroxylation is 1. The highest BCUT2D eigenvalue weighted by molar-refractivity contribution is 7.09. The molecule has 144 valence electrons. The highest BCUT2D eigenvalue weighted by Crippen LogP contribution is 2.38. The Morgan fingerprint density at radius 3 is 2.63 bits per heavy atom. The number of amides is 2. The van der Waals surface area contributed by atoms with Crippen LogP contribution in [-0.2, 0) is 9.59 Å². The van der Waals surface area contributed by atoms with Gasteiger partial charge in [-0.25, -0.2) is 4.98 Å². The molecule has 6 nitrogen and oxygen atoms in total. The first-order valence-electron chi connectivity index (χ1n) is 9.30. The molecule has 1 unspecified atom stereocenters. The fraction of sp³-hybridized carbons (Fsp3) is 0.450. The summed E-state index contributed by atoms with van der Waals surface area (Å²) in [6.45, 7) is 9.01. The third-order valence-corrected chi connectivity index (χ3v) is 5.53. The van der Waals surface area contributed by atoms with E-state index in [9.17, 15) is 9.59 Å². The van der Waals surface area contributed by atoms with Crippen LogP contribution in [0.4, 0.5) is 5.69 Å². The standard InChI is InChI=1S/C20H25N3O3S/c1-5-17-20(25)23(11-19(24)22(6-2)7-3)16-10-14(8-9-18(16)26-17)15-12-27-13(4)21-15/h8-10,12,17H,5-7,11H2,1-4H3. The van der Waals surface area contributed by atoms with Crippen LogP contribution >= 0.6 is 11.3 Å². The van der Waals surface area contributed by atoms with Crippen molar-refractivity contribution in [3.63, 3.8) is 0 Å². The van der Waals surface area contributed by atoms with Crippen molar-refractivity contribution < 1.29 is 14.3 Å². The van der Waals surface area contributed by atoms with Gasteiger partial charge in [-0.1, -0.05) is 6.92 Å². The fourth-order valence-electron chi connectivity index (χ4n) is 3.21. The van der Waals surface area contributed by atoms with Crippen LogP contribution in [0.15, 0.2) is 23.6 Å². The fourth-order valence-corrected chi connectivity index (χ4v) is 3.83. The van der Waals surface area contributed by atoms with Crippen molar-refractivity contribution in [2.24, 2.45) is 0 Å². The third kappa shape index (κ3) is 3.83. The van der Waals surface area contributed by atoms with Crippen LogP contribution < -0.4 is 9.64 Å². The molecule has 0 bridgehead atoms. The molecular weight excluding hydrogens is 362 g/mol. The molecule has 2 aromatic rings. The highest BCUT2D eigenvalue weighted by atomic mass is 32.1. The SMILES string of the molecule is CCC1Oc2ccc(-c3csc(C)n3)cc2N(CC(=O)N(CC)CC)C1=O. The van der Waals surface area contributed by atoms with Crippen molar-refractivity contribution in [1.29, 1.82) is 0 Å². The number of benzene rings is 1. The van der Waals surface area contributed by atoms with Gasteiger partial charge in [-0.2, -0.15) is 0 Å². The number of nitrogens with zero attached hydrogens (tertiary/aromatic N) is 3. The Hall–Kier alpha value is -2.41. The van der Waals surface area contributed by atoms with Crippen LogP contribution in [0.2, 0.25) is 0 Å². The van der Waals surface area contributed by atoms with Gasteiger partial charge in [0.25, 0.3) is 5.91 Å². The monoisotopic (exact) mass is 387 g/mol. The summed E-state index contributed by atoms with van der Waals surface area (Å²) in [5, 5.41) is 2.97. The molecule has 0 fully saturated rings. The number of likely N-dealkylation sites (N-methyl/N-ethyl adjacent to an activating group) is 1. The first-order chi connectivity index (χ1) is 13.0. The second kappa shape index (κ2) is 8.08. The molecule has 0 radical (unpaired) electrons. The Labute approximate surface area is 163 Å². The number of anilines is 1. The van der Waals surface area contributed by atoms with Crippen LogP contribution in [0.3, 0.4) is 0 Å². The van der Waals surface area contributed by atoms with Gasteiger partial charge in [0.2, 0.25) is 5.91 Å². The molecular formula is C20H25N3O3S. The molecule has 0 N–H and O–H groups in total. The van der Waals surface area contributed by atoms with Gasteiger partial charge in [0, 0.05) is 24.0 Å². The van der Waals surface area contributed by atoms with Crippen LogP contribution in [0.1, 0.15) is 32.2 Å². The normalized spacial score (nSPS) is 16.1. The second-order valence-corrected chi connectivity index (χ2v) is 7.50. The summed E-state index contributed by atoms with van der Waals surface area (Å²) < 4.78 is 5.88. The average molecular weight is 388 g/mol. The lowest BCUT2D eigenvalue weighted by atomic mass is 10.1. The largest absolute Gasteiger partial charge is 0.478 e. The van der Waals surface area contributed by atoms with Gasteiger partial charge in [-0.15, -0.1) is 11.3 Å². The van der Waals surface area contributed by atoms with E-state index < -0.39 is 6.10 Å². The van der Waals surface area contributed by atoms with Gasteiger partial charge in [-0.05, 0) is 45.4 Å². The lowest BCUT2D eigenvalue weighted by Crippen LogP contribution is -2.50. The Morgan fingerprint density at radius 2 is 2.04 bits per heavy atom. The molecule has 1 aromatic heterocycles. The molecule has 1 aliphatic rings. The van der Waals surface area contributed by atoms with Crippen LogP contribution in [0, 0.1) is 6.92 Å². The number of aromatic nitrogens is 1. The van der Waals surface area contributed by atoms with Gasteiger partial charge in [0.1, 0.15) is 12.3 Å². The molecule has 0 saturated carbocycles. The van der Waals surface area contributed by atoms with E-state index in [4.69, 9.17) is 4.74 Å². The van der Waals surface area contributed by atoms with E-state index in [1.165, 1.54) is 0 Å². The van der Waals surface area contributed by atoms with E-state index >= 15 is 0 Å². The summed E-state index contributed by atoms with van der Waals surface area (Å²) >= 11 is 1.58. The molecule has 27 heavy (non-hydrogen) atoms. The van der Waals surface area contributed by atoms with Crippen LogP contribution in [0.5, 0.6) is 5.75 Å². The maximum absolute atomic E-state index is 12.9. The molecule has 2 amide bonds. The summed E-state index contributed by atoms with van der Waals surface area (Å²) in [5.74, 6) is 0.396. The van der Waals surface area contributed by atoms with Gasteiger partial charge < -0.3 is 9.64 Å². The van der Waals surface area contributed by atoms with Crippen LogP contribution in [0.25, 0.3) is 11.3 Å². The molecule has 0 aliphatic carbocycles. The summed E-state index contributed by atoms with van der Waals surface area (Å²) in [6, 6.07) is 5.70. The zero-order valence-electron chi connectivity index (χ0n) is 16.2. The van der Waals surface area contributed by atoms with Crippen molar-refractivity contribution in [3.8, 4) is 17.0 Å². The van der Waals surface area contributed by atoms with E-state index in [0.29, 0.717) is 30.9 Å². The predicted molar refractivity (Wildman–Crippen MR) is 107 cm³/mol. The zero-order valence-corrected chi connectivity index (χ0v) is 17.0. The summed E-state index contributed by atoms with van der Waals surface area (Å²) in [6.07, 6.45) is -0.00396. The Bertz CT molecular complexity index is 845. The predicted octanol–water partition coefficient (Wildman–Crippen LogP) is 3.49. The number of carbonyl (C=O) groups excluding carboxylic acids is 2. The van der Waals surface area contributed by atoms with Crippen molar-refractivity contribution in [3.05, 3.63) is 28.6 Å². The lowest BCUT2D eigenvalue weighted by Gasteiger charge is -2.35. The van der Waals surface area contributed by atoms with E-state index in [1.54, 1.807) is 21.1 Å². The molecule has 0 saturated heterocycles. The molecule has 1 aromatic carbocycles. The minimum atomic E-state index is -0.561. The molecule has 3 rings (SSSR count). The van der Waals surface area contributed by atoms with Crippen molar-refractivity contribution in [2.45, 2.75) is 40.2 Å². The van der Waals surface area contributed by atoms with Crippen molar-refractivity contribution in [2.75, 3.05) is 24.5 Å². The van der Waals surface area contributed by atoms with Gasteiger partial charge in [-0.3, -0.25) is 14.5 Å². The average Bonchev–Trinajstić information content (AvgIpc) is 3.10. The zero-order chi connectivity index (χ0) is 19.6. The first-order valence-corrected chi connectivity index (χ1v) is 10.2. The minimum Gasteiger partial charge on any atom is -0.478 e. The quantitative estimate of drug-likeness (QED) is 0.761. The van der Waals surface area contributed by atoms with Crippen molar-refractivity contribution in [1.82, 2.24) is 9.88 Å². The Morgan fingerprint density at radius 1 is 1.30 bits per heavy atom. The topological polar surface area (TPSA) is 62.7 Å². The van der Waals surface area contributed by atoms with E-state index in [1.807, 2.05) is 51.3 Å². The third-order valence-electron chi connectivity index (χ3n) is 4.76. The highest BCUT2D eigenvalue weighted by Gasteiger charge is 2.35. The number of thiazole rings is 1. The Balaban J connectivity index is 1.99. The lowest BCUT2D eigenvalue weighted by molar-refractivity contribution is -0.133. The number of fused-ring (bicyclic) bond motifs is 1. The van der Waals surface area contributed by atoms with Crippen LogP contribution in [-0.4, -0.2) is 47.4 Å². The molecule has 7 heteroatoms. The van der Waals surface area contributed by atoms with Gasteiger partial charge in [0.15, 0.2) is 6.10 Å². The Kier molecular flexibility index (Phi) is 5.79. The number of hydrogen-bond acceptors (Lipinski definition) is 5. The van der Waals surface area contributed by atoms with Gasteiger partial charge in [0.05, 0.1) is 16.4 Å². The van der Waals surface area contributed by atoms with E-state index in [-0.39, 0.29) is 18.4 Å². The number of carbonyl (C=O) groups is 2. The molecule has 2 heterocycles. The number of rotatable bonds is 6. The summed E-state index contributed by atoms with van der Waals surface area (Å²) in [4.78, 5) is 33.4. The van der Waals surface area contributed by atoms with E-state index in [2.05, 4.69) is 4.98 Å². The summed E-state index contributed by atoms with van der Waals surface area (Å²) in [5.41, 5.74) is 2.40. The summed E-state index contributed by atoms with van der Waals surface area (Å²) in [7, 11) is 0. The number of ether oxygens (including phenoxy) is 1.